The van der Waals surface area contributed by atoms with E-state index in [9.17, 15) is 8.42 Å². The summed E-state index contributed by atoms with van der Waals surface area (Å²) in [5, 5.41) is 8.37. The van der Waals surface area contributed by atoms with Gasteiger partial charge in [0.05, 0.1) is 4.90 Å². The van der Waals surface area contributed by atoms with Crippen molar-refractivity contribution >= 4 is 10.0 Å². The largest absolute Gasteiger partial charge is 0.270 e. The van der Waals surface area contributed by atoms with Gasteiger partial charge in [-0.15, -0.1) is 10.2 Å². The first-order chi connectivity index (χ1) is 10.1. The number of rotatable bonds is 4. The summed E-state index contributed by atoms with van der Waals surface area (Å²) in [6, 6.07) is 6.98. The Bertz CT molecular complexity index is 755. The molecule has 2 fully saturated rings. The van der Waals surface area contributed by atoms with Crippen molar-refractivity contribution < 1.29 is 8.42 Å². The maximum atomic E-state index is 13.0. The Morgan fingerprint density at radius 1 is 0.952 bits per heavy atom. The molecule has 2 aliphatic rings. The van der Waals surface area contributed by atoms with Gasteiger partial charge < -0.3 is 0 Å². The minimum atomic E-state index is -3.59. The van der Waals surface area contributed by atoms with E-state index in [1.165, 1.54) is 3.97 Å². The van der Waals surface area contributed by atoms with Crippen LogP contribution in [0.1, 0.15) is 54.7 Å². The molecule has 4 rings (SSSR count). The van der Waals surface area contributed by atoms with Crippen molar-refractivity contribution in [3.05, 3.63) is 41.5 Å². The first-order valence-corrected chi connectivity index (χ1v) is 8.79. The highest BCUT2D eigenvalue weighted by atomic mass is 32.2. The lowest BCUT2D eigenvalue weighted by Gasteiger charge is -2.11. The molecule has 0 atom stereocenters. The zero-order valence-corrected chi connectivity index (χ0v) is 12.7. The highest BCUT2D eigenvalue weighted by Gasteiger charge is 2.39. The molecule has 0 radical (unpaired) electrons. The molecule has 0 saturated heterocycles. The fraction of sp³-hybridized carbons (Fsp3) is 0.467. The van der Waals surface area contributed by atoms with Crippen molar-refractivity contribution in [3.63, 3.8) is 0 Å². The van der Waals surface area contributed by atoms with Crippen LogP contribution in [-0.2, 0) is 10.0 Å². The van der Waals surface area contributed by atoms with Crippen molar-refractivity contribution in [3.8, 4) is 0 Å². The number of hydrogen-bond acceptors (Lipinski definition) is 4. The van der Waals surface area contributed by atoms with Crippen LogP contribution in [0.3, 0.4) is 0 Å². The van der Waals surface area contributed by atoms with Crippen LogP contribution in [0.15, 0.2) is 29.2 Å². The maximum Gasteiger partial charge on any atom is 0.270 e. The van der Waals surface area contributed by atoms with Gasteiger partial charge in [0.1, 0.15) is 0 Å². The molecule has 0 unspecified atom stereocenters. The smallest absolute Gasteiger partial charge is 0.204 e. The van der Waals surface area contributed by atoms with Crippen LogP contribution < -0.4 is 0 Å². The Morgan fingerprint density at radius 2 is 1.43 bits per heavy atom. The number of aromatic nitrogens is 3. The minimum Gasteiger partial charge on any atom is -0.204 e. The third-order valence-corrected chi connectivity index (χ3v) is 5.84. The maximum absolute atomic E-state index is 13.0. The van der Waals surface area contributed by atoms with Gasteiger partial charge >= 0.3 is 0 Å². The number of hydrogen-bond donors (Lipinski definition) is 0. The van der Waals surface area contributed by atoms with Gasteiger partial charge in [0.15, 0.2) is 11.6 Å². The first-order valence-electron chi connectivity index (χ1n) is 7.35. The molecule has 0 bridgehead atoms. The Kier molecular flexibility index (Phi) is 2.73. The van der Waals surface area contributed by atoms with Gasteiger partial charge in [0.2, 0.25) is 0 Å². The number of aryl methyl sites for hydroxylation is 1. The van der Waals surface area contributed by atoms with E-state index in [4.69, 9.17) is 0 Å². The van der Waals surface area contributed by atoms with E-state index in [1.54, 1.807) is 12.1 Å². The van der Waals surface area contributed by atoms with Crippen molar-refractivity contribution in [1.82, 2.24) is 14.2 Å². The van der Waals surface area contributed by atoms with Crippen LogP contribution in [0, 0.1) is 6.92 Å². The Morgan fingerprint density at radius 3 is 1.86 bits per heavy atom. The predicted molar refractivity (Wildman–Crippen MR) is 77.7 cm³/mol. The van der Waals surface area contributed by atoms with E-state index in [0.717, 1.165) is 31.2 Å². The van der Waals surface area contributed by atoms with E-state index in [2.05, 4.69) is 10.2 Å². The fourth-order valence-electron chi connectivity index (χ4n) is 2.54. The van der Waals surface area contributed by atoms with Crippen molar-refractivity contribution in [2.24, 2.45) is 0 Å². The lowest BCUT2D eigenvalue weighted by Crippen LogP contribution is -2.18. The molecule has 6 heteroatoms. The summed E-state index contributed by atoms with van der Waals surface area (Å²) in [6.45, 7) is 1.94. The van der Waals surface area contributed by atoms with Gasteiger partial charge in [0.25, 0.3) is 10.0 Å². The Balaban J connectivity index is 1.87. The van der Waals surface area contributed by atoms with Gasteiger partial charge in [0, 0.05) is 11.8 Å². The van der Waals surface area contributed by atoms with Crippen LogP contribution >= 0.6 is 0 Å². The Hall–Kier alpha value is -1.69. The highest BCUT2D eigenvalue weighted by molar-refractivity contribution is 7.90. The second-order valence-corrected chi connectivity index (χ2v) is 7.83. The molecular weight excluding hydrogens is 286 g/mol. The second-order valence-electron chi connectivity index (χ2n) is 6.05. The normalized spacial score (nSPS) is 18.9. The molecule has 1 heterocycles. The molecule has 1 aromatic heterocycles. The molecule has 5 nitrogen and oxygen atoms in total. The lowest BCUT2D eigenvalue weighted by molar-refractivity contribution is 0.581. The summed E-state index contributed by atoms with van der Waals surface area (Å²) < 4.78 is 27.4. The van der Waals surface area contributed by atoms with E-state index in [0.29, 0.717) is 16.5 Å². The fourth-order valence-corrected chi connectivity index (χ4v) is 4.10. The molecule has 21 heavy (non-hydrogen) atoms. The SMILES string of the molecule is Cc1ccc(S(=O)(=O)n2c(C3CC3)nnc2C2CC2)cc1. The summed E-state index contributed by atoms with van der Waals surface area (Å²) in [5.74, 6) is 1.75. The van der Waals surface area contributed by atoms with Crippen LogP contribution in [0.2, 0.25) is 0 Å². The summed E-state index contributed by atoms with van der Waals surface area (Å²) in [5.41, 5.74) is 1.04. The van der Waals surface area contributed by atoms with Crippen LogP contribution in [-0.4, -0.2) is 22.6 Å². The average molecular weight is 303 g/mol. The van der Waals surface area contributed by atoms with Crippen molar-refractivity contribution in [1.29, 1.82) is 0 Å². The molecule has 0 amide bonds. The van der Waals surface area contributed by atoms with Crippen LogP contribution in [0.5, 0.6) is 0 Å². The highest BCUT2D eigenvalue weighted by Crippen LogP contribution is 2.44. The predicted octanol–water partition coefficient (Wildman–Crippen LogP) is 2.58. The average Bonchev–Trinajstić information content (AvgIpc) is 3.38. The summed E-state index contributed by atoms with van der Waals surface area (Å²) in [4.78, 5) is 0.316. The minimum absolute atomic E-state index is 0.255. The topological polar surface area (TPSA) is 64.8 Å². The van der Waals surface area contributed by atoms with Gasteiger partial charge in [-0.05, 0) is 44.7 Å². The molecule has 0 aliphatic heterocycles. The Labute approximate surface area is 124 Å². The van der Waals surface area contributed by atoms with E-state index in [-0.39, 0.29) is 11.8 Å². The molecule has 2 aromatic rings. The monoisotopic (exact) mass is 303 g/mol. The standard InChI is InChI=1S/C15H17N3O2S/c1-10-2-8-13(9-3-10)21(19,20)18-14(11-4-5-11)16-17-15(18)12-6-7-12/h2-3,8-9,11-12H,4-7H2,1H3. The number of benzene rings is 1. The molecule has 0 spiro atoms. The first kappa shape index (κ1) is 13.0. The number of nitrogens with zero attached hydrogens (tertiary/aromatic N) is 3. The summed E-state index contributed by atoms with van der Waals surface area (Å²) >= 11 is 0. The molecule has 2 aliphatic carbocycles. The van der Waals surface area contributed by atoms with Gasteiger partial charge in [-0.3, -0.25) is 0 Å². The van der Waals surface area contributed by atoms with Gasteiger partial charge in [-0.25, -0.2) is 12.4 Å². The van der Waals surface area contributed by atoms with Gasteiger partial charge in [-0.2, -0.15) is 0 Å². The molecule has 0 N–H and O–H groups in total. The van der Waals surface area contributed by atoms with Crippen molar-refractivity contribution in [2.45, 2.75) is 49.3 Å². The zero-order chi connectivity index (χ0) is 14.6. The summed E-state index contributed by atoms with van der Waals surface area (Å²) in [6.07, 6.45) is 4.02. The van der Waals surface area contributed by atoms with Crippen molar-refractivity contribution in [2.75, 3.05) is 0 Å². The summed E-state index contributed by atoms with van der Waals surface area (Å²) in [7, 11) is -3.59. The third-order valence-electron chi connectivity index (χ3n) is 4.12. The molecule has 110 valence electrons. The van der Waals surface area contributed by atoms with E-state index >= 15 is 0 Å². The molecule has 1 aromatic carbocycles. The quantitative estimate of drug-likeness (QED) is 0.871. The zero-order valence-electron chi connectivity index (χ0n) is 11.9. The molecular formula is C15H17N3O2S. The van der Waals surface area contributed by atoms with Crippen LogP contribution in [0.25, 0.3) is 0 Å². The van der Waals surface area contributed by atoms with Crippen LogP contribution in [0.4, 0.5) is 0 Å². The van der Waals surface area contributed by atoms with E-state index in [1.807, 2.05) is 19.1 Å². The second kappa shape index (κ2) is 4.40. The lowest BCUT2D eigenvalue weighted by atomic mass is 10.2. The van der Waals surface area contributed by atoms with E-state index < -0.39 is 10.0 Å². The van der Waals surface area contributed by atoms with Gasteiger partial charge in [-0.1, -0.05) is 17.7 Å². The third kappa shape index (κ3) is 2.18. The molecule has 2 saturated carbocycles.